The van der Waals surface area contributed by atoms with Gasteiger partial charge in [-0.25, -0.2) is 8.42 Å². The number of amides is 1. The third-order valence-corrected chi connectivity index (χ3v) is 7.60. The highest BCUT2D eigenvalue weighted by Gasteiger charge is 2.30. The summed E-state index contributed by atoms with van der Waals surface area (Å²) in [5, 5.41) is 0. The summed E-state index contributed by atoms with van der Waals surface area (Å²) in [4.78, 5) is 19.3. The molecule has 0 atom stereocenters. The molecule has 0 saturated carbocycles. The Kier molecular flexibility index (Phi) is 7.64. The number of hydrogen-bond acceptors (Lipinski definition) is 6. The van der Waals surface area contributed by atoms with E-state index in [0.29, 0.717) is 37.6 Å². The van der Waals surface area contributed by atoms with Crippen LogP contribution in [0.25, 0.3) is 0 Å². The van der Waals surface area contributed by atoms with Gasteiger partial charge in [0, 0.05) is 66.0 Å². The Bertz CT molecular complexity index is 768. The highest BCUT2D eigenvalue weighted by Crippen LogP contribution is 2.18. The van der Waals surface area contributed by atoms with Crippen LogP contribution in [0.2, 0.25) is 0 Å². The van der Waals surface area contributed by atoms with E-state index in [-0.39, 0.29) is 5.91 Å². The molecule has 2 aliphatic heterocycles. The molecule has 1 aromatic rings. The van der Waals surface area contributed by atoms with Gasteiger partial charge in [-0.1, -0.05) is 17.7 Å². The molecular formula is C20H32N4O4S. The second-order valence-corrected chi connectivity index (χ2v) is 9.65. The van der Waals surface area contributed by atoms with Gasteiger partial charge in [0.25, 0.3) is 0 Å². The van der Waals surface area contributed by atoms with E-state index in [1.807, 2.05) is 19.1 Å². The molecule has 2 fully saturated rings. The first kappa shape index (κ1) is 22.2. The number of sulfonamides is 1. The van der Waals surface area contributed by atoms with Gasteiger partial charge in [-0.3, -0.25) is 14.6 Å². The molecule has 29 heavy (non-hydrogen) atoms. The van der Waals surface area contributed by atoms with Crippen LogP contribution in [-0.4, -0.2) is 112 Å². The topological polar surface area (TPSA) is 73.4 Å². The molecule has 2 saturated heterocycles. The van der Waals surface area contributed by atoms with E-state index in [2.05, 4.69) is 9.80 Å². The Morgan fingerprint density at radius 3 is 2.10 bits per heavy atom. The van der Waals surface area contributed by atoms with Gasteiger partial charge in [-0.15, -0.1) is 0 Å². The van der Waals surface area contributed by atoms with Gasteiger partial charge in [-0.2, -0.15) is 4.31 Å². The van der Waals surface area contributed by atoms with E-state index in [1.54, 1.807) is 24.1 Å². The highest BCUT2D eigenvalue weighted by atomic mass is 32.2. The van der Waals surface area contributed by atoms with Gasteiger partial charge in [0.05, 0.1) is 18.0 Å². The van der Waals surface area contributed by atoms with Crippen LogP contribution in [0.15, 0.2) is 29.2 Å². The van der Waals surface area contributed by atoms with Crippen molar-refractivity contribution in [3.8, 4) is 0 Å². The summed E-state index contributed by atoms with van der Waals surface area (Å²) in [5.74, 6) is 0.0859. The Labute approximate surface area is 174 Å². The van der Waals surface area contributed by atoms with Crippen LogP contribution in [0.3, 0.4) is 0 Å². The fraction of sp³-hybridized carbons (Fsp3) is 0.650. The van der Waals surface area contributed by atoms with E-state index >= 15 is 0 Å². The summed E-state index contributed by atoms with van der Waals surface area (Å²) in [6.07, 6.45) is 0. The van der Waals surface area contributed by atoms with Crippen molar-refractivity contribution in [3.05, 3.63) is 29.8 Å². The van der Waals surface area contributed by atoms with Crippen LogP contribution in [0.5, 0.6) is 0 Å². The molecule has 0 bridgehead atoms. The first-order chi connectivity index (χ1) is 13.9. The van der Waals surface area contributed by atoms with Crippen LogP contribution in [0, 0.1) is 6.92 Å². The lowest BCUT2D eigenvalue weighted by Crippen LogP contribution is -2.54. The molecule has 1 amide bonds. The van der Waals surface area contributed by atoms with Crippen LogP contribution >= 0.6 is 0 Å². The monoisotopic (exact) mass is 424 g/mol. The highest BCUT2D eigenvalue weighted by molar-refractivity contribution is 7.89. The molecule has 8 nitrogen and oxygen atoms in total. The number of benzene rings is 1. The number of carbonyl (C=O) groups is 1. The number of carbonyl (C=O) groups excluding carboxylic acids is 1. The molecule has 0 N–H and O–H groups in total. The molecular weight excluding hydrogens is 392 g/mol. The van der Waals surface area contributed by atoms with Gasteiger partial charge in [-0.05, 0) is 19.1 Å². The average molecular weight is 425 g/mol. The molecule has 0 aliphatic carbocycles. The molecule has 2 aliphatic rings. The first-order valence-corrected chi connectivity index (χ1v) is 11.6. The first-order valence-electron chi connectivity index (χ1n) is 10.2. The summed E-state index contributed by atoms with van der Waals surface area (Å²) in [6.45, 7) is 9.19. The number of ether oxygens (including phenoxy) is 1. The Morgan fingerprint density at radius 2 is 1.52 bits per heavy atom. The number of nitrogens with zero attached hydrogens (tertiary/aromatic N) is 4. The molecule has 0 aromatic heterocycles. The minimum Gasteiger partial charge on any atom is -0.383 e. The van der Waals surface area contributed by atoms with Gasteiger partial charge in [0.2, 0.25) is 15.9 Å². The van der Waals surface area contributed by atoms with Crippen molar-refractivity contribution in [2.45, 2.75) is 11.8 Å². The molecule has 0 spiro atoms. The molecule has 162 valence electrons. The van der Waals surface area contributed by atoms with Crippen LogP contribution in [0.1, 0.15) is 5.56 Å². The lowest BCUT2D eigenvalue weighted by atomic mass is 10.2. The predicted molar refractivity (Wildman–Crippen MR) is 111 cm³/mol. The number of hydrogen-bond donors (Lipinski definition) is 0. The molecule has 9 heteroatoms. The number of piperazine rings is 2. The fourth-order valence-corrected chi connectivity index (χ4v) is 5.14. The van der Waals surface area contributed by atoms with E-state index < -0.39 is 10.0 Å². The number of methoxy groups -OCH3 is 1. The zero-order chi connectivity index (χ0) is 20.9. The maximum atomic E-state index is 12.8. The van der Waals surface area contributed by atoms with E-state index in [0.717, 1.165) is 44.9 Å². The lowest BCUT2D eigenvalue weighted by molar-refractivity contribution is -0.134. The second kappa shape index (κ2) is 9.99. The SMILES string of the molecule is COCCN1CCN(CC(=O)N2CCN(S(=O)(=O)c3ccc(C)cc3)CC2)CC1. The molecule has 0 radical (unpaired) electrons. The number of aryl methyl sites for hydroxylation is 1. The Balaban J connectivity index is 1.45. The predicted octanol–water partition coefficient (Wildman–Crippen LogP) is 0.0919. The van der Waals surface area contributed by atoms with Gasteiger partial charge in [0.15, 0.2) is 0 Å². The van der Waals surface area contributed by atoms with Gasteiger partial charge in [0.1, 0.15) is 0 Å². The largest absolute Gasteiger partial charge is 0.383 e. The third kappa shape index (κ3) is 5.76. The van der Waals surface area contributed by atoms with Crippen molar-refractivity contribution in [3.63, 3.8) is 0 Å². The van der Waals surface area contributed by atoms with Crippen molar-refractivity contribution in [1.82, 2.24) is 19.0 Å². The van der Waals surface area contributed by atoms with Crippen molar-refractivity contribution < 1.29 is 17.9 Å². The van der Waals surface area contributed by atoms with Crippen molar-refractivity contribution in [2.24, 2.45) is 0 Å². The molecule has 2 heterocycles. The summed E-state index contributed by atoms with van der Waals surface area (Å²) in [6, 6.07) is 6.91. The second-order valence-electron chi connectivity index (χ2n) is 7.71. The summed E-state index contributed by atoms with van der Waals surface area (Å²) < 4.78 is 32.2. The van der Waals surface area contributed by atoms with E-state index in [9.17, 15) is 13.2 Å². The molecule has 0 unspecified atom stereocenters. The number of rotatable bonds is 7. The summed E-state index contributed by atoms with van der Waals surface area (Å²) in [5.41, 5.74) is 1.03. The Morgan fingerprint density at radius 1 is 0.931 bits per heavy atom. The van der Waals surface area contributed by atoms with Crippen molar-refractivity contribution in [2.75, 3.05) is 79.2 Å². The summed E-state index contributed by atoms with van der Waals surface area (Å²) >= 11 is 0. The average Bonchev–Trinajstić information content (AvgIpc) is 2.73. The maximum absolute atomic E-state index is 12.8. The standard InChI is InChI=1S/C20H32N4O4S/c1-18-3-5-19(6-4-18)29(26,27)24-13-11-23(12-14-24)20(25)17-22-9-7-21(8-10-22)15-16-28-2/h3-6H,7-17H2,1-2H3. The van der Waals surface area contributed by atoms with Crippen LogP contribution < -0.4 is 0 Å². The van der Waals surface area contributed by atoms with Crippen LogP contribution in [0.4, 0.5) is 0 Å². The molecule has 1 aromatic carbocycles. The fourth-order valence-electron chi connectivity index (χ4n) is 3.72. The summed E-state index contributed by atoms with van der Waals surface area (Å²) in [7, 11) is -1.79. The Hall–Kier alpha value is -1.52. The molecule has 3 rings (SSSR count). The van der Waals surface area contributed by atoms with Crippen LogP contribution in [-0.2, 0) is 19.6 Å². The quantitative estimate of drug-likeness (QED) is 0.618. The minimum atomic E-state index is -3.50. The van der Waals surface area contributed by atoms with E-state index in [4.69, 9.17) is 4.74 Å². The minimum absolute atomic E-state index is 0.0859. The lowest BCUT2D eigenvalue weighted by Gasteiger charge is -2.37. The van der Waals surface area contributed by atoms with Crippen molar-refractivity contribution >= 4 is 15.9 Å². The normalized spacial score (nSPS) is 20.1. The maximum Gasteiger partial charge on any atom is 0.243 e. The zero-order valence-corrected chi connectivity index (χ0v) is 18.2. The van der Waals surface area contributed by atoms with Crippen molar-refractivity contribution in [1.29, 1.82) is 0 Å². The zero-order valence-electron chi connectivity index (χ0n) is 17.4. The smallest absolute Gasteiger partial charge is 0.243 e. The van der Waals surface area contributed by atoms with Gasteiger partial charge < -0.3 is 9.64 Å². The van der Waals surface area contributed by atoms with Gasteiger partial charge >= 0.3 is 0 Å². The third-order valence-electron chi connectivity index (χ3n) is 5.69. The van der Waals surface area contributed by atoms with E-state index in [1.165, 1.54) is 4.31 Å².